The molecule has 2 aromatic heterocycles. The summed E-state index contributed by atoms with van der Waals surface area (Å²) in [5, 5.41) is 4.35. The molecule has 0 N–H and O–H groups in total. The van der Waals surface area contributed by atoms with Crippen molar-refractivity contribution in [1.82, 2.24) is 14.8 Å². The second-order valence-corrected chi connectivity index (χ2v) is 6.29. The number of aryl methyl sites for hydroxylation is 3. The van der Waals surface area contributed by atoms with Crippen LogP contribution >= 0.6 is 0 Å². The molecule has 0 aliphatic rings. The van der Waals surface area contributed by atoms with Crippen LogP contribution in [0.3, 0.4) is 0 Å². The van der Waals surface area contributed by atoms with Gasteiger partial charge in [-0.25, -0.2) is 14.5 Å². The molecule has 6 nitrogen and oxygen atoms in total. The summed E-state index contributed by atoms with van der Waals surface area (Å²) in [4.78, 5) is 28.6. The van der Waals surface area contributed by atoms with Crippen molar-refractivity contribution in [2.75, 3.05) is 6.61 Å². The summed E-state index contributed by atoms with van der Waals surface area (Å²) in [6.07, 6.45) is 2.33. The molecule has 0 bridgehead atoms. The predicted octanol–water partition coefficient (Wildman–Crippen LogP) is 3.49. The normalized spacial score (nSPS) is 10.6. The van der Waals surface area contributed by atoms with Crippen LogP contribution in [-0.4, -0.2) is 33.1 Å². The number of Topliss-reactive ketones (excluding diaryl/α,β-unsaturated/α-hetero) is 1. The van der Waals surface area contributed by atoms with Crippen LogP contribution in [0.4, 0.5) is 0 Å². The van der Waals surface area contributed by atoms with E-state index < -0.39 is 5.97 Å². The van der Waals surface area contributed by atoms with Crippen molar-refractivity contribution in [3.63, 3.8) is 0 Å². The van der Waals surface area contributed by atoms with E-state index in [-0.39, 0.29) is 18.0 Å². The number of esters is 1. The third-order valence-electron chi connectivity index (χ3n) is 4.23. The van der Waals surface area contributed by atoms with Crippen molar-refractivity contribution in [2.24, 2.45) is 0 Å². The molecule has 1 aromatic carbocycles. The number of nitrogens with zero attached hydrogens (tertiary/aromatic N) is 3. The van der Waals surface area contributed by atoms with Crippen LogP contribution in [0.5, 0.6) is 0 Å². The maximum absolute atomic E-state index is 12.2. The van der Waals surface area contributed by atoms with E-state index >= 15 is 0 Å². The predicted molar refractivity (Wildman–Crippen MR) is 101 cm³/mol. The third kappa shape index (κ3) is 4.28. The molecular formula is C21H21N3O3. The van der Waals surface area contributed by atoms with E-state index in [2.05, 4.69) is 10.1 Å². The van der Waals surface area contributed by atoms with Gasteiger partial charge in [0, 0.05) is 17.5 Å². The molecule has 0 saturated heterocycles. The quantitative estimate of drug-likeness (QED) is 0.495. The van der Waals surface area contributed by atoms with Gasteiger partial charge in [-0.05, 0) is 44.0 Å². The molecule has 0 spiro atoms. The zero-order valence-corrected chi connectivity index (χ0v) is 15.6. The number of carbonyl (C=O) groups excluding carboxylic acids is 2. The van der Waals surface area contributed by atoms with Gasteiger partial charge >= 0.3 is 5.97 Å². The highest BCUT2D eigenvalue weighted by Crippen LogP contribution is 2.11. The summed E-state index contributed by atoms with van der Waals surface area (Å²) in [6.45, 7) is 5.58. The van der Waals surface area contributed by atoms with Crippen molar-refractivity contribution in [3.05, 3.63) is 76.7 Å². The molecular weight excluding hydrogens is 342 g/mol. The minimum absolute atomic E-state index is 0.238. The van der Waals surface area contributed by atoms with E-state index in [1.807, 2.05) is 39.0 Å². The fourth-order valence-electron chi connectivity index (χ4n) is 2.72. The summed E-state index contributed by atoms with van der Waals surface area (Å²) in [7, 11) is 0. The molecule has 138 valence electrons. The molecule has 3 aromatic rings. The Morgan fingerprint density at radius 3 is 2.30 bits per heavy atom. The number of pyridine rings is 1. The van der Waals surface area contributed by atoms with E-state index in [4.69, 9.17) is 4.74 Å². The average molecular weight is 363 g/mol. The summed E-state index contributed by atoms with van der Waals surface area (Å²) in [6, 6.07) is 12.6. The van der Waals surface area contributed by atoms with E-state index in [9.17, 15) is 9.59 Å². The van der Waals surface area contributed by atoms with Crippen LogP contribution in [0.2, 0.25) is 0 Å². The van der Waals surface area contributed by atoms with E-state index in [0.29, 0.717) is 11.4 Å². The lowest BCUT2D eigenvalue weighted by Gasteiger charge is -2.06. The third-order valence-corrected chi connectivity index (χ3v) is 4.23. The van der Waals surface area contributed by atoms with Gasteiger partial charge in [-0.3, -0.25) is 4.79 Å². The molecule has 0 aliphatic heterocycles. The lowest BCUT2D eigenvalue weighted by atomic mass is 10.1. The molecule has 2 heterocycles. The zero-order valence-electron chi connectivity index (χ0n) is 15.6. The van der Waals surface area contributed by atoms with Crippen LogP contribution in [0.15, 0.2) is 48.7 Å². The zero-order chi connectivity index (χ0) is 19.4. The largest absolute Gasteiger partial charge is 0.454 e. The number of hydrogen-bond acceptors (Lipinski definition) is 5. The Bertz CT molecular complexity index is 957. The van der Waals surface area contributed by atoms with Gasteiger partial charge in [-0.1, -0.05) is 31.2 Å². The number of hydrogen-bond donors (Lipinski definition) is 0. The van der Waals surface area contributed by atoms with Gasteiger partial charge in [-0.15, -0.1) is 0 Å². The molecule has 0 saturated carbocycles. The van der Waals surface area contributed by atoms with Gasteiger partial charge < -0.3 is 4.74 Å². The summed E-state index contributed by atoms with van der Waals surface area (Å²) in [5.41, 5.74) is 3.81. The van der Waals surface area contributed by atoms with E-state index in [0.717, 1.165) is 23.4 Å². The molecule has 0 aliphatic carbocycles. The van der Waals surface area contributed by atoms with Crippen molar-refractivity contribution < 1.29 is 14.3 Å². The Kier molecular flexibility index (Phi) is 5.45. The monoisotopic (exact) mass is 363 g/mol. The Balaban J connectivity index is 1.62. The maximum Gasteiger partial charge on any atom is 0.340 e. The molecule has 0 amide bonds. The van der Waals surface area contributed by atoms with Gasteiger partial charge in [0.2, 0.25) is 0 Å². The Hall–Kier alpha value is -3.28. The van der Waals surface area contributed by atoms with Crippen molar-refractivity contribution in [3.8, 4) is 5.82 Å². The highest BCUT2D eigenvalue weighted by molar-refractivity contribution is 5.99. The minimum atomic E-state index is -0.582. The first-order valence-corrected chi connectivity index (χ1v) is 8.77. The molecule has 0 atom stereocenters. The second kappa shape index (κ2) is 7.95. The summed E-state index contributed by atoms with van der Waals surface area (Å²) < 4.78 is 6.83. The second-order valence-electron chi connectivity index (χ2n) is 6.29. The van der Waals surface area contributed by atoms with Crippen molar-refractivity contribution >= 4 is 11.8 Å². The van der Waals surface area contributed by atoms with Gasteiger partial charge in [0.15, 0.2) is 18.2 Å². The van der Waals surface area contributed by atoms with Crippen LogP contribution in [0.25, 0.3) is 5.82 Å². The van der Waals surface area contributed by atoms with Crippen LogP contribution < -0.4 is 0 Å². The number of aromatic nitrogens is 3. The molecule has 6 heteroatoms. The van der Waals surface area contributed by atoms with E-state index in [1.165, 1.54) is 6.20 Å². The lowest BCUT2D eigenvalue weighted by molar-refractivity contribution is 0.0474. The first kappa shape index (κ1) is 18.5. The Labute approximate surface area is 157 Å². The fourth-order valence-corrected chi connectivity index (χ4v) is 2.72. The number of ketones is 1. The van der Waals surface area contributed by atoms with Gasteiger partial charge in [0.1, 0.15) is 0 Å². The van der Waals surface area contributed by atoms with E-state index in [1.54, 1.807) is 28.9 Å². The first-order valence-electron chi connectivity index (χ1n) is 8.77. The highest BCUT2D eigenvalue weighted by atomic mass is 16.5. The lowest BCUT2D eigenvalue weighted by Crippen LogP contribution is -2.14. The number of benzene rings is 1. The van der Waals surface area contributed by atoms with Crippen LogP contribution in [0.1, 0.15) is 44.6 Å². The highest BCUT2D eigenvalue weighted by Gasteiger charge is 2.13. The molecule has 0 unspecified atom stereocenters. The molecule has 0 radical (unpaired) electrons. The number of carbonyl (C=O) groups is 2. The molecule has 0 fully saturated rings. The Morgan fingerprint density at radius 1 is 1.04 bits per heavy atom. The molecule has 3 rings (SSSR count). The van der Waals surface area contributed by atoms with Crippen LogP contribution in [0, 0.1) is 13.8 Å². The topological polar surface area (TPSA) is 74.1 Å². The fraction of sp³-hybridized carbons (Fsp3) is 0.238. The number of ether oxygens (including phenoxy) is 1. The SMILES string of the molecule is CCc1ccc(C(=O)COC(=O)c2ccc(-n3nc(C)cc3C)nc2)cc1. The Morgan fingerprint density at radius 2 is 1.74 bits per heavy atom. The molecule has 27 heavy (non-hydrogen) atoms. The minimum Gasteiger partial charge on any atom is -0.454 e. The average Bonchev–Trinajstić information content (AvgIpc) is 3.04. The summed E-state index contributed by atoms with van der Waals surface area (Å²) >= 11 is 0. The number of rotatable bonds is 6. The van der Waals surface area contributed by atoms with Gasteiger partial charge in [-0.2, -0.15) is 5.10 Å². The van der Waals surface area contributed by atoms with Gasteiger partial charge in [0.05, 0.1) is 11.3 Å². The van der Waals surface area contributed by atoms with Crippen molar-refractivity contribution in [2.45, 2.75) is 27.2 Å². The smallest absolute Gasteiger partial charge is 0.340 e. The van der Waals surface area contributed by atoms with Gasteiger partial charge in [0.25, 0.3) is 0 Å². The van der Waals surface area contributed by atoms with Crippen molar-refractivity contribution in [1.29, 1.82) is 0 Å². The summed E-state index contributed by atoms with van der Waals surface area (Å²) in [5.74, 6) is -0.205. The van der Waals surface area contributed by atoms with Crippen LogP contribution in [-0.2, 0) is 11.2 Å². The first-order chi connectivity index (χ1) is 13.0. The standard InChI is InChI=1S/C21H21N3O3/c1-4-16-5-7-17(8-6-16)19(25)13-27-21(26)18-9-10-20(22-12-18)24-15(3)11-14(2)23-24/h5-12H,4,13H2,1-3H3. The maximum atomic E-state index is 12.2.